The highest BCUT2D eigenvalue weighted by Gasteiger charge is 2.15. The van der Waals surface area contributed by atoms with Crippen molar-refractivity contribution in [3.63, 3.8) is 0 Å². The first-order valence-corrected chi connectivity index (χ1v) is 8.08. The fourth-order valence-electron chi connectivity index (χ4n) is 2.72. The fraction of sp³-hybridized carbons (Fsp3) is 0.688. The number of nitrogens with zero attached hydrogens (tertiary/aromatic N) is 2. The fourth-order valence-corrected chi connectivity index (χ4v) is 2.72. The van der Waals surface area contributed by atoms with Crippen molar-refractivity contribution in [3.05, 3.63) is 17.6 Å². The molecule has 0 aliphatic heterocycles. The number of methoxy groups -OCH3 is 1. The second kappa shape index (κ2) is 8.68. The molecule has 1 saturated carbocycles. The zero-order valence-electron chi connectivity index (χ0n) is 13.5. The molecule has 1 aliphatic carbocycles. The number of carbonyl (C=O) groups is 1. The van der Waals surface area contributed by atoms with Crippen molar-refractivity contribution in [2.45, 2.75) is 51.5 Å². The van der Waals surface area contributed by atoms with Crippen LogP contribution in [0.5, 0.6) is 0 Å². The van der Waals surface area contributed by atoms with E-state index < -0.39 is 0 Å². The molecule has 0 saturated heterocycles. The van der Waals surface area contributed by atoms with Crippen molar-refractivity contribution in [1.82, 2.24) is 15.3 Å². The molecule has 0 bridgehead atoms. The van der Waals surface area contributed by atoms with Gasteiger partial charge in [-0.3, -0.25) is 4.79 Å². The topological polar surface area (TPSA) is 76.1 Å². The number of aromatic nitrogens is 2. The van der Waals surface area contributed by atoms with Crippen molar-refractivity contribution in [1.29, 1.82) is 0 Å². The van der Waals surface area contributed by atoms with Crippen molar-refractivity contribution in [3.8, 4) is 0 Å². The van der Waals surface area contributed by atoms with Crippen molar-refractivity contribution in [2.75, 3.05) is 25.6 Å². The first kappa shape index (κ1) is 16.7. The number of carbonyl (C=O) groups excluding carboxylic acids is 1. The molecule has 0 spiro atoms. The van der Waals surface area contributed by atoms with E-state index in [9.17, 15) is 4.79 Å². The summed E-state index contributed by atoms with van der Waals surface area (Å²) < 4.78 is 4.97. The molecule has 6 heteroatoms. The smallest absolute Gasteiger partial charge is 0.270 e. The summed E-state index contributed by atoms with van der Waals surface area (Å²) >= 11 is 0. The standard InChI is InChI=1S/C16H26N4O2/c1-12-18-14(16(21)17-9-6-10-22-2)11-15(19-12)20-13-7-4-3-5-8-13/h11,13H,3-10H2,1-2H3,(H,17,21)(H,18,19,20). The Balaban J connectivity index is 1.94. The van der Waals surface area contributed by atoms with Gasteiger partial charge in [-0.15, -0.1) is 0 Å². The predicted molar refractivity (Wildman–Crippen MR) is 86.1 cm³/mol. The molecule has 0 radical (unpaired) electrons. The second-order valence-corrected chi connectivity index (χ2v) is 5.77. The number of amides is 1. The van der Waals surface area contributed by atoms with Crippen LogP contribution in [-0.4, -0.2) is 42.2 Å². The minimum Gasteiger partial charge on any atom is -0.385 e. The lowest BCUT2D eigenvalue weighted by Crippen LogP contribution is -2.27. The minimum atomic E-state index is -0.159. The summed E-state index contributed by atoms with van der Waals surface area (Å²) in [5, 5.41) is 6.30. The van der Waals surface area contributed by atoms with Gasteiger partial charge in [-0.2, -0.15) is 0 Å². The average molecular weight is 306 g/mol. The van der Waals surface area contributed by atoms with E-state index in [2.05, 4.69) is 20.6 Å². The molecule has 0 aromatic carbocycles. The normalized spacial score (nSPS) is 15.5. The Morgan fingerprint density at radius 1 is 1.32 bits per heavy atom. The number of aryl methyl sites for hydroxylation is 1. The van der Waals surface area contributed by atoms with Gasteiger partial charge in [-0.1, -0.05) is 19.3 Å². The van der Waals surface area contributed by atoms with Gasteiger partial charge < -0.3 is 15.4 Å². The van der Waals surface area contributed by atoms with Gasteiger partial charge in [0.05, 0.1) is 0 Å². The van der Waals surface area contributed by atoms with E-state index >= 15 is 0 Å². The molecule has 1 amide bonds. The third-order valence-electron chi connectivity index (χ3n) is 3.84. The molecule has 2 rings (SSSR count). The lowest BCUT2D eigenvalue weighted by Gasteiger charge is -2.23. The molecule has 6 nitrogen and oxygen atoms in total. The van der Waals surface area contributed by atoms with Crippen LogP contribution in [0.2, 0.25) is 0 Å². The van der Waals surface area contributed by atoms with Crippen LogP contribution in [0.3, 0.4) is 0 Å². The number of hydrogen-bond acceptors (Lipinski definition) is 5. The Morgan fingerprint density at radius 3 is 2.82 bits per heavy atom. The summed E-state index contributed by atoms with van der Waals surface area (Å²) in [4.78, 5) is 20.8. The SMILES string of the molecule is COCCCNC(=O)c1cc(NC2CCCCC2)nc(C)n1. The summed E-state index contributed by atoms with van der Waals surface area (Å²) in [6.07, 6.45) is 6.96. The van der Waals surface area contributed by atoms with Crippen molar-refractivity contribution >= 4 is 11.7 Å². The summed E-state index contributed by atoms with van der Waals surface area (Å²) in [5.41, 5.74) is 0.420. The van der Waals surface area contributed by atoms with E-state index in [-0.39, 0.29) is 5.91 Å². The van der Waals surface area contributed by atoms with Crippen LogP contribution in [0.4, 0.5) is 5.82 Å². The molecule has 1 fully saturated rings. The van der Waals surface area contributed by atoms with Gasteiger partial charge in [0.15, 0.2) is 0 Å². The number of ether oxygens (including phenoxy) is 1. The summed E-state index contributed by atoms with van der Waals surface area (Å²) in [7, 11) is 1.65. The zero-order chi connectivity index (χ0) is 15.8. The zero-order valence-corrected chi connectivity index (χ0v) is 13.5. The number of anilines is 1. The molecule has 2 N–H and O–H groups in total. The van der Waals surface area contributed by atoms with E-state index in [4.69, 9.17) is 4.74 Å². The van der Waals surface area contributed by atoms with Crippen LogP contribution in [-0.2, 0) is 4.74 Å². The van der Waals surface area contributed by atoms with Gasteiger partial charge in [0.25, 0.3) is 5.91 Å². The lowest BCUT2D eigenvalue weighted by atomic mass is 9.95. The Hall–Kier alpha value is -1.69. The molecule has 22 heavy (non-hydrogen) atoms. The molecular weight excluding hydrogens is 280 g/mol. The summed E-state index contributed by atoms with van der Waals surface area (Å²) in [6.45, 7) is 3.03. The number of nitrogens with one attached hydrogen (secondary N) is 2. The largest absolute Gasteiger partial charge is 0.385 e. The molecular formula is C16H26N4O2. The monoisotopic (exact) mass is 306 g/mol. The summed E-state index contributed by atoms with van der Waals surface area (Å²) in [5.74, 6) is 1.21. The van der Waals surface area contributed by atoms with Crippen molar-refractivity contribution < 1.29 is 9.53 Å². The quantitative estimate of drug-likeness (QED) is 0.756. The highest BCUT2D eigenvalue weighted by Crippen LogP contribution is 2.21. The molecule has 0 unspecified atom stereocenters. The second-order valence-electron chi connectivity index (χ2n) is 5.77. The van der Waals surface area contributed by atoms with Crippen LogP contribution >= 0.6 is 0 Å². The molecule has 1 aromatic rings. The molecule has 122 valence electrons. The van der Waals surface area contributed by atoms with Gasteiger partial charge in [0.1, 0.15) is 17.3 Å². The maximum Gasteiger partial charge on any atom is 0.270 e. The van der Waals surface area contributed by atoms with E-state index in [1.807, 2.05) is 6.92 Å². The van der Waals surface area contributed by atoms with Gasteiger partial charge >= 0.3 is 0 Å². The Morgan fingerprint density at radius 2 is 2.09 bits per heavy atom. The molecule has 1 aliphatic rings. The van der Waals surface area contributed by atoms with E-state index in [0.29, 0.717) is 30.7 Å². The van der Waals surface area contributed by atoms with Crippen LogP contribution in [0.25, 0.3) is 0 Å². The Labute approximate surface area is 132 Å². The van der Waals surface area contributed by atoms with E-state index in [1.165, 1.54) is 32.1 Å². The van der Waals surface area contributed by atoms with Crippen LogP contribution in [0.15, 0.2) is 6.07 Å². The maximum atomic E-state index is 12.1. The molecule has 0 atom stereocenters. The highest BCUT2D eigenvalue weighted by atomic mass is 16.5. The first-order valence-electron chi connectivity index (χ1n) is 8.08. The van der Waals surface area contributed by atoms with Gasteiger partial charge in [-0.05, 0) is 26.2 Å². The predicted octanol–water partition coefficient (Wildman–Crippen LogP) is 2.30. The van der Waals surface area contributed by atoms with Crippen molar-refractivity contribution in [2.24, 2.45) is 0 Å². The van der Waals surface area contributed by atoms with Crippen LogP contribution < -0.4 is 10.6 Å². The van der Waals surface area contributed by atoms with Crippen LogP contribution in [0, 0.1) is 6.92 Å². The minimum absolute atomic E-state index is 0.159. The van der Waals surface area contributed by atoms with E-state index in [1.54, 1.807) is 13.2 Å². The van der Waals surface area contributed by atoms with Gasteiger partial charge in [-0.25, -0.2) is 9.97 Å². The van der Waals surface area contributed by atoms with Crippen LogP contribution in [0.1, 0.15) is 54.8 Å². The third kappa shape index (κ3) is 5.26. The average Bonchev–Trinajstić information content (AvgIpc) is 2.52. The summed E-state index contributed by atoms with van der Waals surface area (Å²) in [6, 6.07) is 2.20. The van der Waals surface area contributed by atoms with E-state index in [0.717, 1.165) is 12.2 Å². The lowest BCUT2D eigenvalue weighted by molar-refractivity contribution is 0.0943. The maximum absolute atomic E-state index is 12.1. The molecule has 1 aromatic heterocycles. The Bertz CT molecular complexity index is 487. The highest BCUT2D eigenvalue weighted by molar-refractivity contribution is 5.92. The third-order valence-corrected chi connectivity index (χ3v) is 3.84. The molecule has 1 heterocycles. The van der Waals surface area contributed by atoms with Gasteiger partial charge in [0, 0.05) is 32.4 Å². The first-order chi connectivity index (χ1) is 10.7. The number of hydrogen-bond donors (Lipinski definition) is 2. The number of rotatable bonds is 7. The Kier molecular flexibility index (Phi) is 6.58. The van der Waals surface area contributed by atoms with Gasteiger partial charge in [0.2, 0.25) is 0 Å².